The van der Waals surface area contributed by atoms with Crippen molar-refractivity contribution >= 4 is 22.5 Å². The lowest BCUT2D eigenvalue weighted by Gasteiger charge is -2.21. The lowest BCUT2D eigenvalue weighted by atomic mass is 9.89. The first kappa shape index (κ1) is 13.0. The summed E-state index contributed by atoms with van der Waals surface area (Å²) in [7, 11) is 0. The van der Waals surface area contributed by atoms with Gasteiger partial charge in [-0.2, -0.15) is 0 Å². The van der Waals surface area contributed by atoms with Gasteiger partial charge in [0, 0.05) is 29.6 Å². The van der Waals surface area contributed by atoms with Crippen LogP contribution in [0.3, 0.4) is 0 Å². The summed E-state index contributed by atoms with van der Waals surface area (Å²) in [5.74, 6) is 0.0327. The van der Waals surface area contributed by atoms with E-state index in [0.717, 1.165) is 47.2 Å². The first-order chi connectivity index (χ1) is 10.8. The molecule has 1 amide bonds. The minimum Gasteiger partial charge on any atom is -0.348 e. The van der Waals surface area contributed by atoms with E-state index >= 15 is 0 Å². The maximum Gasteiger partial charge on any atom is 0.227 e. The number of nitrogens with zero attached hydrogens (tertiary/aromatic N) is 2. The number of anilines is 1. The van der Waals surface area contributed by atoms with Gasteiger partial charge >= 0.3 is 0 Å². The summed E-state index contributed by atoms with van der Waals surface area (Å²) in [6, 6.07) is 9.73. The molecule has 2 aromatic heterocycles. The third kappa shape index (κ3) is 2.24. The zero-order valence-corrected chi connectivity index (χ0v) is 12.0. The summed E-state index contributed by atoms with van der Waals surface area (Å²) in [5, 5.41) is 4.07. The van der Waals surface area contributed by atoms with E-state index in [4.69, 9.17) is 0 Å². The van der Waals surface area contributed by atoms with Gasteiger partial charge in [-0.3, -0.25) is 9.78 Å². The Hall–Kier alpha value is -2.69. The average molecular weight is 292 g/mol. The van der Waals surface area contributed by atoms with Crippen LogP contribution in [0.5, 0.6) is 0 Å². The number of nitrogens with one attached hydrogen (secondary N) is 2. The molecule has 4 rings (SSSR count). The summed E-state index contributed by atoms with van der Waals surface area (Å²) in [6.45, 7) is 0. The number of amides is 1. The molecular weight excluding hydrogens is 276 g/mol. The molecule has 22 heavy (non-hydrogen) atoms. The molecule has 2 N–H and O–H groups in total. The Morgan fingerprint density at radius 2 is 2.14 bits per heavy atom. The monoisotopic (exact) mass is 292 g/mol. The number of H-pyrrole nitrogens is 1. The molecule has 1 atom stereocenters. The molecule has 0 saturated heterocycles. The van der Waals surface area contributed by atoms with E-state index in [1.54, 1.807) is 12.5 Å². The molecule has 110 valence electrons. The number of hydrogen-bond donors (Lipinski definition) is 2. The van der Waals surface area contributed by atoms with E-state index < -0.39 is 0 Å². The second-order valence-electron chi connectivity index (χ2n) is 5.64. The first-order valence-electron chi connectivity index (χ1n) is 7.47. The predicted octanol–water partition coefficient (Wildman–Crippen LogP) is 2.70. The fourth-order valence-corrected chi connectivity index (χ4v) is 3.06. The Morgan fingerprint density at radius 3 is 3.09 bits per heavy atom. The molecule has 0 fully saturated rings. The molecule has 3 aromatic rings. The van der Waals surface area contributed by atoms with Gasteiger partial charge in [0.15, 0.2) is 0 Å². The minimum atomic E-state index is -0.0214. The van der Waals surface area contributed by atoms with Crippen LogP contribution in [-0.4, -0.2) is 20.9 Å². The molecule has 1 aromatic carbocycles. The fraction of sp³-hybridized carbons (Fsp3) is 0.235. The molecule has 2 heterocycles. The summed E-state index contributed by atoms with van der Waals surface area (Å²) in [4.78, 5) is 24.4. The van der Waals surface area contributed by atoms with Crippen LogP contribution in [-0.2, 0) is 17.6 Å². The van der Waals surface area contributed by atoms with Crippen molar-refractivity contribution in [1.82, 2.24) is 15.0 Å². The van der Waals surface area contributed by atoms with Gasteiger partial charge in [0.2, 0.25) is 5.91 Å². The fourth-order valence-electron chi connectivity index (χ4n) is 3.06. The maximum absolute atomic E-state index is 12.6. The van der Waals surface area contributed by atoms with Gasteiger partial charge in [0.1, 0.15) is 0 Å². The van der Waals surface area contributed by atoms with E-state index in [0.29, 0.717) is 0 Å². The minimum absolute atomic E-state index is 0.0214. The number of hydrogen-bond acceptors (Lipinski definition) is 3. The van der Waals surface area contributed by atoms with Crippen LogP contribution in [0.4, 0.5) is 5.69 Å². The van der Waals surface area contributed by atoms with E-state index in [1.807, 2.05) is 30.3 Å². The van der Waals surface area contributed by atoms with E-state index in [9.17, 15) is 4.79 Å². The van der Waals surface area contributed by atoms with Crippen molar-refractivity contribution in [2.75, 3.05) is 5.32 Å². The summed E-state index contributed by atoms with van der Waals surface area (Å²) >= 11 is 0. The van der Waals surface area contributed by atoms with E-state index in [-0.39, 0.29) is 11.8 Å². The quantitative estimate of drug-likeness (QED) is 0.763. The second-order valence-corrected chi connectivity index (χ2v) is 5.64. The van der Waals surface area contributed by atoms with Crippen molar-refractivity contribution in [3.05, 3.63) is 54.2 Å². The predicted molar refractivity (Wildman–Crippen MR) is 84.5 cm³/mol. The molecule has 0 saturated carbocycles. The molecule has 1 aliphatic carbocycles. The van der Waals surface area contributed by atoms with Crippen molar-refractivity contribution in [3.8, 4) is 0 Å². The molecular formula is C17H16N4O. The Balaban J connectivity index is 1.57. The number of imidazole rings is 1. The van der Waals surface area contributed by atoms with Crippen LogP contribution in [0.2, 0.25) is 0 Å². The van der Waals surface area contributed by atoms with E-state index in [1.165, 1.54) is 0 Å². The SMILES string of the molecule is O=C(Nc1cccc2cccnc12)C1CCc2nc[nH]c2C1. The Bertz CT molecular complexity index is 834. The standard InChI is InChI=1S/C17H16N4O/c22-17(12-6-7-13-15(9-12)20-10-19-13)21-14-5-1-3-11-4-2-8-18-16(11)14/h1-5,8,10,12H,6-7,9H2,(H,19,20)(H,21,22). The van der Waals surface area contributed by atoms with Crippen molar-refractivity contribution in [3.63, 3.8) is 0 Å². The molecule has 0 spiro atoms. The third-order valence-electron chi connectivity index (χ3n) is 4.25. The normalized spacial score (nSPS) is 17.2. The number of benzene rings is 1. The number of carbonyl (C=O) groups excluding carboxylic acids is 1. The van der Waals surface area contributed by atoms with Crippen molar-refractivity contribution in [2.45, 2.75) is 19.3 Å². The van der Waals surface area contributed by atoms with Gasteiger partial charge in [-0.15, -0.1) is 0 Å². The first-order valence-corrected chi connectivity index (χ1v) is 7.47. The van der Waals surface area contributed by atoms with Gasteiger partial charge in [-0.05, 0) is 25.0 Å². The number of aromatic nitrogens is 3. The van der Waals surface area contributed by atoms with Gasteiger partial charge < -0.3 is 10.3 Å². The van der Waals surface area contributed by atoms with Crippen LogP contribution in [0.15, 0.2) is 42.9 Å². The van der Waals surface area contributed by atoms with Crippen molar-refractivity contribution in [2.24, 2.45) is 5.92 Å². The largest absolute Gasteiger partial charge is 0.348 e. The topological polar surface area (TPSA) is 70.7 Å². The summed E-state index contributed by atoms with van der Waals surface area (Å²) in [6.07, 6.45) is 5.86. The number of rotatable bonds is 2. The van der Waals surface area contributed by atoms with Crippen LogP contribution in [0.1, 0.15) is 17.8 Å². The number of pyridine rings is 1. The smallest absolute Gasteiger partial charge is 0.227 e. The van der Waals surface area contributed by atoms with E-state index in [2.05, 4.69) is 20.3 Å². The molecule has 0 radical (unpaired) electrons. The van der Waals surface area contributed by atoms with Crippen LogP contribution >= 0.6 is 0 Å². The van der Waals surface area contributed by atoms with Gasteiger partial charge in [-0.25, -0.2) is 4.98 Å². The maximum atomic E-state index is 12.6. The Labute approximate surface area is 127 Å². The van der Waals surface area contributed by atoms with Gasteiger partial charge in [0.25, 0.3) is 0 Å². The Kier molecular flexibility index (Phi) is 3.11. The third-order valence-corrected chi connectivity index (χ3v) is 4.25. The van der Waals surface area contributed by atoms with Crippen molar-refractivity contribution < 1.29 is 4.79 Å². The number of carbonyl (C=O) groups is 1. The molecule has 1 aliphatic rings. The second kappa shape index (κ2) is 5.26. The number of aryl methyl sites for hydroxylation is 1. The average Bonchev–Trinajstić information content (AvgIpc) is 3.02. The molecule has 0 bridgehead atoms. The highest BCUT2D eigenvalue weighted by Crippen LogP contribution is 2.26. The molecule has 5 nitrogen and oxygen atoms in total. The highest BCUT2D eigenvalue weighted by Gasteiger charge is 2.26. The number of fused-ring (bicyclic) bond motifs is 2. The van der Waals surface area contributed by atoms with Gasteiger partial charge in [-0.1, -0.05) is 18.2 Å². The van der Waals surface area contributed by atoms with Crippen LogP contribution in [0.25, 0.3) is 10.9 Å². The summed E-state index contributed by atoms with van der Waals surface area (Å²) in [5.41, 5.74) is 3.79. The molecule has 1 unspecified atom stereocenters. The summed E-state index contributed by atoms with van der Waals surface area (Å²) < 4.78 is 0. The van der Waals surface area contributed by atoms with Crippen LogP contribution < -0.4 is 5.32 Å². The lowest BCUT2D eigenvalue weighted by molar-refractivity contribution is -0.120. The molecule has 0 aliphatic heterocycles. The zero-order chi connectivity index (χ0) is 14.9. The Morgan fingerprint density at radius 1 is 1.23 bits per heavy atom. The highest BCUT2D eigenvalue weighted by atomic mass is 16.1. The van der Waals surface area contributed by atoms with Gasteiger partial charge in [0.05, 0.1) is 23.2 Å². The zero-order valence-electron chi connectivity index (χ0n) is 12.0. The van der Waals surface area contributed by atoms with Crippen LogP contribution in [0, 0.1) is 5.92 Å². The number of para-hydroxylation sites is 1. The lowest BCUT2D eigenvalue weighted by Crippen LogP contribution is -2.28. The number of aromatic amines is 1. The molecule has 5 heteroatoms. The van der Waals surface area contributed by atoms with Crippen molar-refractivity contribution in [1.29, 1.82) is 0 Å². The highest BCUT2D eigenvalue weighted by molar-refractivity contribution is 6.01.